The van der Waals surface area contributed by atoms with E-state index in [0.29, 0.717) is 42.2 Å². The monoisotopic (exact) mass is 451 g/mol. The van der Waals surface area contributed by atoms with E-state index >= 15 is 0 Å². The molecule has 0 bridgehead atoms. The number of rotatable bonds is 4. The Morgan fingerprint density at radius 2 is 2.15 bits per heavy atom. The van der Waals surface area contributed by atoms with Crippen molar-refractivity contribution < 1.29 is 18.7 Å². The van der Waals surface area contributed by atoms with Gasteiger partial charge in [-0.2, -0.15) is 0 Å². The Balaban J connectivity index is 1.45. The van der Waals surface area contributed by atoms with Crippen LogP contribution in [0, 0.1) is 6.92 Å². The van der Waals surface area contributed by atoms with Crippen molar-refractivity contribution in [3.63, 3.8) is 0 Å². The van der Waals surface area contributed by atoms with Crippen LogP contribution < -0.4 is 15.1 Å². The van der Waals surface area contributed by atoms with Crippen LogP contribution in [0.3, 0.4) is 0 Å². The number of imidazole rings is 1. The number of nitrogens with zero attached hydrogens (tertiary/aromatic N) is 2. The maximum Gasteiger partial charge on any atom is 0.339 e. The Kier molecular flexibility index (Phi) is 5.18. The molecule has 0 saturated carbocycles. The van der Waals surface area contributed by atoms with Gasteiger partial charge in [-0.3, -0.25) is 4.79 Å². The molecular weight excluding hydrogens is 422 g/mol. The van der Waals surface area contributed by atoms with Crippen LogP contribution in [0.2, 0.25) is 0 Å². The normalized spacial score (nSPS) is 16.8. The van der Waals surface area contributed by atoms with Crippen molar-refractivity contribution in [1.29, 1.82) is 0 Å². The molecule has 1 N–H and O–H groups in total. The lowest BCUT2D eigenvalue weighted by atomic mass is 9.91. The highest BCUT2D eigenvalue weighted by Gasteiger charge is 2.31. The van der Waals surface area contributed by atoms with Gasteiger partial charge in [0.15, 0.2) is 0 Å². The van der Waals surface area contributed by atoms with E-state index in [9.17, 15) is 9.59 Å². The van der Waals surface area contributed by atoms with Gasteiger partial charge in [-0.1, -0.05) is 0 Å². The predicted octanol–water partition coefficient (Wildman–Crippen LogP) is 3.45. The lowest BCUT2D eigenvalue weighted by Crippen LogP contribution is -2.36. The van der Waals surface area contributed by atoms with Crippen LogP contribution in [0.25, 0.3) is 11.0 Å². The summed E-state index contributed by atoms with van der Waals surface area (Å²) >= 11 is 0. The van der Waals surface area contributed by atoms with Crippen molar-refractivity contribution in [2.24, 2.45) is 0 Å². The van der Waals surface area contributed by atoms with E-state index in [4.69, 9.17) is 13.9 Å². The first-order chi connectivity index (χ1) is 15.8. The number of carbonyl (C=O) groups excluding carboxylic acids is 1. The number of benzene rings is 1. The van der Waals surface area contributed by atoms with E-state index in [1.54, 1.807) is 13.4 Å². The number of ether oxygens (including phenoxy) is 2. The Morgan fingerprint density at radius 1 is 1.33 bits per heavy atom. The highest BCUT2D eigenvalue weighted by Crippen LogP contribution is 2.43. The topological polar surface area (TPSA) is 97.7 Å². The number of hydrogen-bond acceptors (Lipinski definition) is 6. The van der Waals surface area contributed by atoms with Gasteiger partial charge in [0, 0.05) is 36.6 Å². The highest BCUT2D eigenvalue weighted by molar-refractivity contribution is 5.92. The quantitative estimate of drug-likeness (QED) is 0.610. The van der Waals surface area contributed by atoms with E-state index in [-0.39, 0.29) is 17.9 Å². The summed E-state index contributed by atoms with van der Waals surface area (Å²) in [5.74, 6) is 1.32. The number of aryl methyl sites for hydroxylation is 2. The third-order valence-electron chi connectivity index (χ3n) is 6.88. The lowest BCUT2D eigenvalue weighted by molar-refractivity contribution is -0.132. The van der Waals surface area contributed by atoms with Gasteiger partial charge in [-0.15, -0.1) is 0 Å². The number of H-pyrrole nitrogens is 1. The first-order valence-electron chi connectivity index (χ1n) is 11.4. The molecule has 3 aromatic rings. The zero-order chi connectivity index (χ0) is 23.3. The Labute approximate surface area is 191 Å². The molecule has 1 aromatic carbocycles. The molecule has 8 nitrogen and oxygen atoms in total. The fraction of sp³-hybridized carbons (Fsp3) is 0.480. The van der Waals surface area contributed by atoms with Crippen LogP contribution in [-0.2, 0) is 30.6 Å². The molecule has 2 aliphatic rings. The Bertz CT molecular complexity index is 1300. The number of hydrogen-bond donors (Lipinski definition) is 1. The minimum atomic E-state index is -0.400. The molecule has 174 valence electrons. The van der Waals surface area contributed by atoms with Crippen LogP contribution >= 0.6 is 0 Å². The maximum atomic E-state index is 13.0. The molecule has 0 saturated heterocycles. The highest BCUT2D eigenvalue weighted by atomic mass is 16.5. The van der Waals surface area contributed by atoms with Crippen molar-refractivity contribution >= 4 is 16.9 Å². The molecule has 33 heavy (non-hydrogen) atoms. The molecule has 4 heterocycles. The molecule has 0 fully saturated rings. The first-order valence-corrected chi connectivity index (χ1v) is 11.4. The number of methoxy groups -OCH3 is 1. The van der Waals surface area contributed by atoms with Gasteiger partial charge in [0.2, 0.25) is 5.91 Å². The van der Waals surface area contributed by atoms with E-state index in [1.807, 2.05) is 31.7 Å². The molecule has 0 radical (unpaired) electrons. The zero-order valence-electron chi connectivity index (χ0n) is 19.5. The molecule has 0 aliphatic carbocycles. The van der Waals surface area contributed by atoms with Crippen molar-refractivity contribution in [3.8, 4) is 11.5 Å². The van der Waals surface area contributed by atoms with Crippen LogP contribution in [0.4, 0.5) is 0 Å². The number of amides is 1. The van der Waals surface area contributed by atoms with Crippen molar-refractivity contribution in [3.05, 3.63) is 50.9 Å². The molecule has 5 rings (SSSR count). The predicted molar refractivity (Wildman–Crippen MR) is 123 cm³/mol. The molecule has 0 spiro atoms. The molecular formula is C25H29N3O5. The summed E-state index contributed by atoms with van der Waals surface area (Å²) in [6.07, 6.45) is 4.55. The van der Waals surface area contributed by atoms with Gasteiger partial charge in [0.1, 0.15) is 22.7 Å². The average Bonchev–Trinajstić information content (AvgIpc) is 3.25. The summed E-state index contributed by atoms with van der Waals surface area (Å²) in [6, 6.07) is 1.89. The third-order valence-corrected chi connectivity index (χ3v) is 6.88. The van der Waals surface area contributed by atoms with Crippen LogP contribution in [0.1, 0.15) is 54.8 Å². The van der Waals surface area contributed by atoms with E-state index in [0.717, 1.165) is 47.2 Å². The first kappa shape index (κ1) is 21.6. The zero-order valence-corrected chi connectivity index (χ0v) is 19.5. The number of aromatic nitrogens is 2. The summed E-state index contributed by atoms with van der Waals surface area (Å²) in [6.45, 7) is 7.15. The fourth-order valence-corrected chi connectivity index (χ4v) is 4.95. The average molecular weight is 452 g/mol. The van der Waals surface area contributed by atoms with E-state index in [1.165, 1.54) is 0 Å². The summed E-state index contributed by atoms with van der Waals surface area (Å²) < 4.78 is 17.6. The largest absolute Gasteiger partial charge is 0.496 e. The second-order valence-corrected chi connectivity index (χ2v) is 9.51. The van der Waals surface area contributed by atoms with Crippen LogP contribution in [0.5, 0.6) is 11.5 Å². The SMILES string of the molecule is COc1cc2c(c3oc(=O)c(CCC(=O)N4CCc5nc[nH]c5C4)c(C)c13)CCC(C)(C)O2. The van der Waals surface area contributed by atoms with Crippen LogP contribution in [0.15, 0.2) is 21.6 Å². The van der Waals surface area contributed by atoms with Gasteiger partial charge in [-0.25, -0.2) is 9.78 Å². The maximum absolute atomic E-state index is 13.0. The van der Waals surface area contributed by atoms with Gasteiger partial charge in [0.05, 0.1) is 36.8 Å². The van der Waals surface area contributed by atoms with Crippen LogP contribution in [-0.4, -0.2) is 40.0 Å². The Morgan fingerprint density at radius 3 is 2.94 bits per heavy atom. The third kappa shape index (κ3) is 3.77. The molecule has 0 unspecified atom stereocenters. The van der Waals surface area contributed by atoms with Gasteiger partial charge < -0.3 is 23.8 Å². The standard InChI is InChI=1S/C25H29N3O5/c1-14-15(5-6-21(29)28-10-8-17-18(12-28)27-13-26-17)24(30)32-23-16-7-9-25(2,3)33-19(16)11-20(31-4)22(14)23/h11,13H,5-10,12H2,1-4H3,(H,26,27). The molecule has 2 aromatic heterocycles. The van der Waals surface area contributed by atoms with Gasteiger partial charge in [0.25, 0.3) is 0 Å². The smallest absolute Gasteiger partial charge is 0.339 e. The molecule has 1 amide bonds. The number of fused-ring (bicyclic) bond motifs is 4. The summed E-state index contributed by atoms with van der Waals surface area (Å²) in [4.78, 5) is 35.1. The van der Waals surface area contributed by atoms with Gasteiger partial charge >= 0.3 is 5.63 Å². The Hall–Kier alpha value is -3.29. The van der Waals surface area contributed by atoms with Crippen molar-refractivity contribution in [2.75, 3.05) is 13.7 Å². The minimum absolute atomic E-state index is 0.0159. The second kappa shape index (κ2) is 7.93. The van der Waals surface area contributed by atoms with E-state index < -0.39 is 5.63 Å². The molecule has 0 atom stereocenters. The lowest BCUT2D eigenvalue weighted by Gasteiger charge is -2.33. The fourth-order valence-electron chi connectivity index (χ4n) is 4.95. The summed E-state index contributed by atoms with van der Waals surface area (Å²) in [5, 5.41) is 0.779. The molecule has 8 heteroatoms. The number of nitrogens with one attached hydrogen (secondary N) is 1. The van der Waals surface area contributed by atoms with Crippen molar-refractivity contribution in [1.82, 2.24) is 14.9 Å². The van der Waals surface area contributed by atoms with Gasteiger partial charge in [-0.05, 0) is 45.6 Å². The molecule has 2 aliphatic heterocycles. The second-order valence-electron chi connectivity index (χ2n) is 9.51. The van der Waals surface area contributed by atoms with Crippen molar-refractivity contribution in [2.45, 2.75) is 65.0 Å². The minimum Gasteiger partial charge on any atom is -0.496 e. The summed E-state index contributed by atoms with van der Waals surface area (Å²) in [7, 11) is 1.60. The number of aromatic amines is 1. The number of carbonyl (C=O) groups is 1. The summed E-state index contributed by atoms with van der Waals surface area (Å²) in [5.41, 5.74) is 4.06. The van der Waals surface area contributed by atoms with E-state index in [2.05, 4.69) is 9.97 Å².